The largest absolute Gasteiger partial charge is 0.497 e. The van der Waals surface area contributed by atoms with Crippen LogP contribution in [0.15, 0.2) is 54.6 Å². The quantitative estimate of drug-likeness (QED) is 0.635. The molecule has 0 heterocycles. The zero-order valence-corrected chi connectivity index (χ0v) is 18.8. The highest BCUT2D eigenvalue weighted by molar-refractivity contribution is 5.95. The van der Waals surface area contributed by atoms with E-state index in [0.717, 1.165) is 29.0 Å². The summed E-state index contributed by atoms with van der Waals surface area (Å²) in [7, 11) is 5.78. The Balaban J connectivity index is 2.40. The van der Waals surface area contributed by atoms with E-state index in [1.807, 2.05) is 61.5 Å². The summed E-state index contributed by atoms with van der Waals surface area (Å²) >= 11 is 0. The number of hydrogen-bond acceptors (Lipinski definition) is 3. The molecule has 0 fully saturated rings. The van der Waals surface area contributed by atoms with Gasteiger partial charge in [-0.15, -0.1) is 0 Å². The molecule has 0 radical (unpaired) electrons. The van der Waals surface area contributed by atoms with Gasteiger partial charge in [0.25, 0.3) is 5.91 Å². The number of ether oxygens (including phenoxy) is 1. The van der Waals surface area contributed by atoms with Crippen LogP contribution in [0.4, 0.5) is 0 Å². The number of benzene rings is 2. The Labute approximate surface area is 175 Å². The number of rotatable bonds is 8. The minimum absolute atomic E-state index is 0.0711. The van der Waals surface area contributed by atoms with Crippen LogP contribution in [-0.2, 0) is 0 Å². The van der Waals surface area contributed by atoms with Crippen LogP contribution in [-0.4, -0.2) is 55.5 Å². The molecule has 0 saturated carbocycles. The minimum Gasteiger partial charge on any atom is -0.497 e. The molecular weight excluding hydrogens is 360 g/mol. The van der Waals surface area contributed by atoms with E-state index in [2.05, 4.69) is 44.7 Å². The number of nitrogens with zero attached hydrogens (tertiary/aromatic N) is 2. The highest BCUT2D eigenvalue weighted by Crippen LogP contribution is 2.27. The molecule has 0 aromatic heterocycles. The third kappa shape index (κ3) is 5.94. The maximum Gasteiger partial charge on any atom is 0.254 e. The van der Waals surface area contributed by atoms with Gasteiger partial charge in [0.2, 0.25) is 0 Å². The number of likely N-dealkylation sites (N-methyl/N-ethyl adjacent to an activating group) is 1. The minimum atomic E-state index is 0.0711. The first-order chi connectivity index (χ1) is 13.7. The summed E-state index contributed by atoms with van der Waals surface area (Å²) in [4.78, 5) is 17.0. The Morgan fingerprint density at radius 1 is 0.931 bits per heavy atom. The van der Waals surface area contributed by atoms with Crippen molar-refractivity contribution in [1.29, 1.82) is 0 Å². The van der Waals surface area contributed by atoms with E-state index in [9.17, 15) is 4.79 Å². The second-order valence-electron chi connectivity index (χ2n) is 8.09. The molecule has 0 aliphatic carbocycles. The van der Waals surface area contributed by atoms with Crippen LogP contribution in [0.2, 0.25) is 0 Å². The third-order valence-electron chi connectivity index (χ3n) is 4.83. The van der Waals surface area contributed by atoms with Crippen molar-refractivity contribution < 1.29 is 9.53 Å². The lowest BCUT2D eigenvalue weighted by atomic mass is 9.96. The molecule has 0 saturated heterocycles. The molecular formula is C25H34N2O2. The lowest BCUT2D eigenvalue weighted by Crippen LogP contribution is -2.42. The van der Waals surface area contributed by atoms with Crippen molar-refractivity contribution in [3.05, 3.63) is 71.3 Å². The molecule has 1 amide bonds. The molecule has 29 heavy (non-hydrogen) atoms. The highest BCUT2D eigenvalue weighted by Gasteiger charge is 2.21. The standard InChI is InChI=1S/C25H34N2O2/c1-18(2)27(19(3)4)25(28)21-13-11-20(12-14-21)24(15-16-26(5)6)22-9-8-10-23(17-22)29-7/h8-15,17-19H,16H2,1-7H3. The van der Waals surface area contributed by atoms with Crippen molar-refractivity contribution in [3.63, 3.8) is 0 Å². The molecule has 2 rings (SSSR count). The number of hydrogen-bond donors (Lipinski definition) is 0. The van der Waals surface area contributed by atoms with Crippen LogP contribution in [0.3, 0.4) is 0 Å². The lowest BCUT2D eigenvalue weighted by Gasteiger charge is -2.31. The van der Waals surface area contributed by atoms with Crippen molar-refractivity contribution in [2.75, 3.05) is 27.7 Å². The molecule has 0 unspecified atom stereocenters. The van der Waals surface area contributed by atoms with Crippen LogP contribution >= 0.6 is 0 Å². The molecule has 0 aliphatic heterocycles. The zero-order chi connectivity index (χ0) is 21.6. The van der Waals surface area contributed by atoms with Gasteiger partial charge in [0.15, 0.2) is 0 Å². The van der Waals surface area contributed by atoms with Crippen LogP contribution < -0.4 is 4.74 Å². The number of carbonyl (C=O) groups is 1. The van der Waals surface area contributed by atoms with Gasteiger partial charge < -0.3 is 14.5 Å². The van der Waals surface area contributed by atoms with E-state index in [-0.39, 0.29) is 18.0 Å². The maximum atomic E-state index is 13.0. The predicted molar refractivity (Wildman–Crippen MR) is 122 cm³/mol. The normalized spacial score (nSPS) is 12.0. The van der Waals surface area contributed by atoms with E-state index in [1.165, 1.54) is 0 Å². The Morgan fingerprint density at radius 2 is 1.52 bits per heavy atom. The number of carbonyl (C=O) groups excluding carboxylic acids is 1. The fraction of sp³-hybridized carbons (Fsp3) is 0.400. The summed E-state index contributed by atoms with van der Waals surface area (Å²) in [5.74, 6) is 0.899. The first-order valence-electron chi connectivity index (χ1n) is 10.2. The smallest absolute Gasteiger partial charge is 0.254 e. The van der Waals surface area contributed by atoms with Gasteiger partial charge in [-0.2, -0.15) is 0 Å². The van der Waals surface area contributed by atoms with Gasteiger partial charge in [0, 0.05) is 24.2 Å². The molecule has 156 valence electrons. The van der Waals surface area contributed by atoms with Gasteiger partial charge in [-0.25, -0.2) is 0 Å². The summed E-state index contributed by atoms with van der Waals surface area (Å²) in [6, 6.07) is 16.3. The van der Waals surface area contributed by atoms with E-state index < -0.39 is 0 Å². The van der Waals surface area contributed by atoms with Gasteiger partial charge in [-0.1, -0.05) is 30.3 Å². The SMILES string of the molecule is COc1cccc(C(=CCN(C)C)c2ccc(C(=O)N(C(C)C)C(C)C)cc2)c1. The van der Waals surface area contributed by atoms with Crippen molar-refractivity contribution in [1.82, 2.24) is 9.80 Å². The molecule has 0 bridgehead atoms. The average Bonchev–Trinajstić information content (AvgIpc) is 2.68. The summed E-state index contributed by atoms with van der Waals surface area (Å²) in [6.45, 7) is 9.03. The van der Waals surface area contributed by atoms with Gasteiger partial charge >= 0.3 is 0 Å². The van der Waals surface area contributed by atoms with Crippen molar-refractivity contribution in [3.8, 4) is 5.75 Å². The van der Waals surface area contributed by atoms with E-state index in [1.54, 1.807) is 7.11 Å². The second-order valence-corrected chi connectivity index (χ2v) is 8.09. The molecule has 0 N–H and O–H groups in total. The second kappa shape index (κ2) is 10.3. The summed E-state index contributed by atoms with van der Waals surface area (Å²) < 4.78 is 5.40. The maximum absolute atomic E-state index is 13.0. The number of methoxy groups -OCH3 is 1. The zero-order valence-electron chi connectivity index (χ0n) is 18.8. The van der Waals surface area contributed by atoms with E-state index in [4.69, 9.17) is 4.74 Å². The topological polar surface area (TPSA) is 32.8 Å². The third-order valence-corrected chi connectivity index (χ3v) is 4.83. The van der Waals surface area contributed by atoms with Crippen molar-refractivity contribution >= 4 is 11.5 Å². The van der Waals surface area contributed by atoms with Crippen LogP contribution in [0.25, 0.3) is 5.57 Å². The first-order valence-corrected chi connectivity index (χ1v) is 10.2. The fourth-order valence-corrected chi connectivity index (χ4v) is 3.47. The van der Waals surface area contributed by atoms with Gasteiger partial charge in [0.05, 0.1) is 7.11 Å². The first kappa shape index (κ1) is 22.7. The van der Waals surface area contributed by atoms with Crippen LogP contribution in [0.5, 0.6) is 5.75 Å². The molecule has 4 heteroatoms. The molecule has 0 aliphatic rings. The summed E-state index contributed by atoms with van der Waals surface area (Å²) in [6.07, 6.45) is 2.21. The van der Waals surface area contributed by atoms with Gasteiger partial charge in [0.1, 0.15) is 5.75 Å². The average molecular weight is 395 g/mol. The Bertz CT molecular complexity index is 828. The monoisotopic (exact) mass is 394 g/mol. The van der Waals surface area contributed by atoms with Crippen LogP contribution in [0, 0.1) is 0 Å². The van der Waals surface area contributed by atoms with Crippen molar-refractivity contribution in [2.24, 2.45) is 0 Å². The van der Waals surface area contributed by atoms with E-state index in [0.29, 0.717) is 5.56 Å². The van der Waals surface area contributed by atoms with Crippen molar-refractivity contribution in [2.45, 2.75) is 39.8 Å². The molecule has 0 atom stereocenters. The fourth-order valence-electron chi connectivity index (χ4n) is 3.47. The molecule has 0 spiro atoms. The summed E-state index contributed by atoms with van der Waals surface area (Å²) in [5.41, 5.74) is 4.02. The molecule has 4 nitrogen and oxygen atoms in total. The van der Waals surface area contributed by atoms with Gasteiger partial charge in [-0.3, -0.25) is 4.79 Å². The Hall–Kier alpha value is -2.59. The Morgan fingerprint density at radius 3 is 2.03 bits per heavy atom. The molecule has 2 aromatic carbocycles. The number of amides is 1. The van der Waals surface area contributed by atoms with Gasteiger partial charge in [-0.05, 0) is 82.8 Å². The highest BCUT2D eigenvalue weighted by atomic mass is 16.5. The van der Waals surface area contributed by atoms with Crippen LogP contribution in [0.1, 0.15) is 49.2 Å². The van der Waals surface area contributed by atoms with E-state index >= 15 is 0 Å². The predicted octanol–water partition coefficient (Wildman–Crippen LogP) is 4.95. The molecule has 2 aromatic rings. The summed E-state index contributed by atoms with van der Waals surface area (Å²) in [5, 5.41) is 0. The Kier molecular flexibility index (Phi) is 8.03. The lowest BCUT2D eigenvalue weighted by molar-refractivity contribution is 0.0643.